The fraction of sp³-hybridized carbons (Fsp3) is 0.280. The molecule has 8 heteroatoms. The van der Waals surface area contributed by atoms with Gasteiger partial charge in [0.2, 0.25) is 0 Å². The molecule has 0 aliphatic carbocycles. The van der Waals surface area contributed by atoms with Crippen molar-refractivity contribution in [2.75, 3.05) is 22.9 Å². The summed E-state index contributed by atoms with van der Waals surface area (Å²) in [6.07, 6.45) is 6.10. The Balaban J connectivity index is 1.35. The smallest absolute Gasteiger partial charge is 0.274 e. The van der Waals surface area contributed by atoms with Crippen molar-refractivity contribution in [2.24, 2.45) is 0 Å². The zero-order chi connectivity index (χ0) is 22.5. The average molecular weight is 442 g/mol. The number of anilines is 3. The molecule has 0 fully saturated rings. The van der Waals surface area contributed by atoms with Crippen LogP contribution >= 0.6 is 0 Å². The van der Waals surface area contributed by atoms with Gasteiger partial charge in [0.25, 0.3) is 5.56 Å². The van der Waals surface area contributed by atoms with Crippen LogP contribution in [0.3, 0.4) is 0 Å². The van der Waals surface area contributed by atoms with Gasteiger partial charge in [-0.15, -0.1) is 5.10 Å². The summed E-state index contributed by atoms with van der Waals surface area (Å²) < 4.78 is 15.1. The summed E-state index contributed by atoms with van der Waals surface area (Å²) in [5, 5.41) is 4.62. The van der Waals surface area contributed by atoms with E-state index in [2.05, 4.69) is 25.9 Å². The third kappa shape index (κ3) is 3.42. The van der Waals surface area contributed by atoms with Gasteiger partial charge in [0.05, 0.1) is 11.9 Å². The molecule has 166 valence electrons. The number of halogens is 1. The maximum atomic E-state index is 13.7. The highest BCUT2D eigenvalue weighted by atomic mass is 19.1. The van der Waals surface area contributed by atoms with E-state index in [0.717, 1.165) is 71.9 Å². The Labute approximate surface area is 190 Å². The van der Waals surface area contributed by atoms with Gasteiger partial charge in [0.15, 0.2) is 11.5 Å². The third-order valence-corrected chi connectivity index (χ3v) is 6.54. The van der Waals surface area contributed by atoms with E-state index in [-0.39, 0.29) is 11.4 Å². The number of hydrogen-bond acceptors (Lipinski definition) is 6. The minimum Gasteiger partial charge on any atom is -0.350 e. The molecule has 2 aliphatic heterocycles. The average Bonchev–Trinajstić information content (AvgIpc) is 2.82. The lowest BCUT2D eigenvalue weighted by atomic mass is 10.00. The quantitative estimate of drug-likeness (QED) is 0.473. The Morgan fingerprint density at radius 1 is 1.00 bits per heavy atom. The molecule has 0 atom stereocenters. The van der Waals surface area contributed by atoms with Gasteiger partial charge in [-0.05, 0) is 66.8 Å². The van der Waals surface area contributed by atoms with Crippen molar-refractivity contribution in [3.05, 3.63) is 87.3 Å². The van der Waals surface area contributed by atoms with Crippen LogP contribution in [-0.2, 0) is 19.4 Å². The van der Waals surface area contributed by atoms with Crippen LogP contribution in [0.15, 0.2) is 53.6 Å². The van der Waals surface area contributed by atoms with Crippen LogP contribution in [0, 0.1) is 12.7 Å². The molecule has 33 heavy (non-hydrogen) atoms. The highest BCUT2D eigenvalue weighted by Crippen LogP contribution is 2.35. The van der Waals surface area contributed by atoms with Crippen LogP contribution in [0.2, 0.25) is 0 Å². The normalized spacial score (nSPS) is 15.5. The first-order chi connectivity index (χ1) is 16.1. The van der Waals surface area contributed by atoms with Gasteiger partial charge in [0.1, 0.15) is 5.82 Å². The zero-order valence-electron chi connectivity index (χ0n) is 18.3. The summed E-state index contributed by atoms with van der Waals surface area (Å²) in [5.74, 6) is 0.592. The maximum absolute atomic E-state index is 13.7. The lowest BCUT2D eigenvalue weighted by Gasteiger charge is -2.34. The number of rotatable bonds is 2. The van der Waals surface area contributed by atoms with Crippen molar-refractivity contribution in [1.82, 2.24) is 19.6 Å². The molecule has 0 spiro atoms. The van der Waals surface area contributed by atoms with E-state index >= 15 is 0 Å². The number of pyridine rings is 1. The van der Waals surface area contributed by atoms with Crippen molar-refractivity contribution in [3.8, 4) is 0 Å². The van der Waals surface area contributed by atoms with Crippen molar-refractivity contribution in [2.45, 2.75) is 32.7 Å². The summed E-state index contributed by atoms with van der Waals surface area (Å²) in [5.41, 5.74) is 6.68. The van der Waals surface area contributed by atoms with Gasteiger partial charge >= 0.3 is 0 Å². The third-order valence-electron chi connectivity index (χ3n) is 6.54. The van der Waals surface area contributed by atoms with E-state index in [4.69, 9.17) is 4.98 Å². The Bertz CT molecular complexity index is 1450. The molecule has 0 amide bonds. The van der Waals surface area contributed by atoms with E-state index in [0.29, 0.717) is 12.2 Å². The summed E-state index contributed by atoms with van der Waals surface area (Å²) in [4.78, 5) is 25.7. The van der Waals surface area contributed by atoms with E-state index in [1.165, 1.54) is 22.8 Å². The van der Waals surface area contributed by atoms with Gasteiger partial charge in [-0.25, -0.2) is 9.37 Å². The summed E-state index contributed by atoms with van der Waals surface area (Å²) >= 11 is 0. The van der Waals surface area contributed by atoms with Gasteiger partial charge in [-0.2, -0.15) is 4.52 Å². The minimum absolute atomic E-state index is 0.192. The summed E-state index contributed by atoms with van der Waals surface area (Å²) in [6, 6.07) is 10.5. The predicted octanol–water partition coefficient (Wildman–Crippen LogP) is 3.58. The van der Waals surface area contributed by atoms with E-state index in [1.54, 1.807) is 6.07 Å². The molecule has 0 unspecified atom stereocenters. The summed E-state index contributed by atoms with van der Waals surface area (Å²) in [6.45, 7) is 4.31. The molecule has 3 aromatic heterocycles. The second-order valence-corrected chi connectivity index (χ2v) is 8.70. The second-order valence-electron chi connectivity index (χ2n) is 8.70. The van der Waals surface area contributed by atoms with Crippen LogP contribution in [0.1, 0.15) is 28.8 Å². The lowest BCUT2D eigenvalue weighted by Crippen LogP contribution is -2.34. The van der Waals surface area contributed by atoms with Crippen LogP contribution in [0.5, 0.6) is 0 Å². The molecule has 0 radical (unpaired) electrons. The highest BCUT2D eigenvalue weighted by molar-refractivity contribution is 5.68. The first-order valence-corrected chi connectivity index (χ1v) is 11.2. The standard InChI is InChI=1S/C25H23FN6O/c1-16-11-23-27-8-6-24(33)32(23)29-25(16)30-10-7-21-18(15-30)13-20(14-28-21)31-9-2-3-17-12-19(26)4-5-22(17)31/h4-6,8,11-14H,2-3,7,9-10,15H2,1H3. The van der Waals surface area contributed by atoms with E-state index in [1.807, 2.05) is 25.3 Å². The van der Waals surface area contributed by atoms with Crippen LogP contribution in [-0.4, -0.2) is 32.7 Å². The molecule has 1 aromatic carbocycles. The van der Waals surface area contributed by atoms with Crippen LogP contribution in [0.4, 0.5) is 21.6 Å². The largest absolute Gasteiger partial charge is 0.350 e. The van der Waals surface area contributed by atoms with E-state index in [9.17, 15) is 9.18 Å². The summed E-state index contributed by atoms with van der Waals surface area (Å²) in [7, 11) is 0. The molecule has 7 nitrogen and oxygen atoms in total. The van der Waals surface area contributed by atoms with Crippen LogP contribution < -0.4 is 15.4 Å². The van der Waals surface area contributed by atoms with Crippen molar-refractivity contribution < 1.29 is 4.39 Å². The van der Waals surface area contributed by atoms with Gasteiger partial charge < -0.3 is 9.80 Å². The maximum Gasteiger partial charge on any atom is 0.274 e. The minimum atomic E-state index is -0.192. The molecule has 0 N–H and O–H groups in total. The van der Waals surface area contributed by atoms with Gasteiger partial charge in [0, 0.05) is 49.7 Å². The molecule has 5 heterocycles. The molecule has 0 saturated heterocycles. The monoisotopic (exact) mass is 442 g/mol. The fourth-order valence-corrected chi connectivity index (χ4v) is 4.93. The number of hydrogen-bond donors (Lipinski definition) is 0. The molecule has 6 rings (SSSR count). The molecule has 0 saturated carbocycles. The number of nitrogens with zero attached hydrogens (tertiary/aromatic N) is 6. The van der Waals surface area contributed by atoms with Gasteiger partial charge in [-0.3, -0.25) is 9.78 Å². The fourth-order valence-electron chi connectivity index (χ4n) is 4.93. The molecular weight excluding hydrogens is 419 g/mol. The Kier molecular flexibility index (Phi) is 4.60. The number of fused-ring (bicyclic) bond motifs is 3. The molecule has 2 aliphatic rings. The Morgan fingerprint density at radius 3 is 2.82 bits per heavy atom. The van der Waals surface area contributed by atoms with Gasteiger partial charge in [-0.1, -0.05) is 0 Å². The van der Waals surface area contributed by atoms with E-state index < -0.39 is 0 Å². The topological polar surface area (TPSA) is 66.6 Å². The van der Waals surface area contributed by atoms with Crippen molar-refractivity contribution >= 4 is 22.8 Å². The number of benzene rings is 1. The van der Waals surface area contributed by atoms with Crippen molar-refractivity contribution in [1.29, 1.82) is 0 Å². The SMILES string of the molecule is Cc1cc2nccc(=O)n2nc1N1CCc2ncc(N3CCCc4cc(F)ccc43)cc2C1. The Hall–Kier alpha value is -3.81. The molecule has 4 aromatic rings. The second kappa shape index (κ2) is 7.65. The van der Waals surface area contributed by atoms with Crippen molar-refractivity contribution in [3.63, 3.8) is 0 Å². The number of aromatic nitrogens is 4. The molecule has 0 bridgehead atoms. The Morgan fingerprint density at radius 2 is 1.91 bits per heavy atom. The molecular formula is C25H23FN6O. The zero-order valence-corrected chi connectivity index (χ0v) is 18.3. The highest BCUT2D eigenvalue weighted by Gasteiger charge is 2.24. The van der Waals surface area contributed by atoms with Crippen LogP contribution in [0.25, 0.3) is 5.65 Å². The predicted molar refractivity (Wildman–Crippen MR) is 125 cm³/mol. The first-order valence-electron chi connectivity index (χ1n) is 11.2. The number of aryl methyl sites for hydroxylation is 2. The first kappa shape index (κ1) is 19.8. The lowest BCUT2D eigenvalue weighted by molar-refractivity contribution is 0.622.